The van der Waals surface area contributed by atoms with Crippen molar-refractivity contribution in [2.75, 3.05) is 0 Å². The standard InChI is InChI=1S/C25H20ClNOS/c1-3-12-25(2,28)19-11-13-27-23(16-19)21-9-6-8-18-15-20(29-24(18)21)14-17-7-4-5-10-22(17)26/h1,4-11,13,15-16,28H,12,14H2,2H3. The first-order valence-corrected chi connectivity index (χ1v) is 10.5. The van der Waals surface area contributed by atoms with Crippen molar-refractivity contribution in [3.8, 4) is 23.6 Å². The highest BCUT2D eigenvalue weighted by Gasteiger charge is 2.23. The molecule has 4 heteroatoms. The largest absolute Gasteiger partial charge is 0.384 e. The van der Waals surface area contributed by atoms with Crippen LogP contribution in [-0.4, -0.2) is 10.1 Å². The molecule has 2 nitrogen and oxygen atoms in total. The average molecular weight is 418 g/mol. The molecular formula is C25H20ClNOS. The van der Waals surface area contributed by atoms with E-state index >= 15 is 0 Å². The first-order chi connectivity index (χ1) is 14.0. The Morgan fingerprint density at radius 3 is 2.76 bits per heavy atom. The maximum atomic E-state index is 10.7. The van der Waals surface area contributed by atoms with Crippen LogP contribution in [0.15, 0.2) is 66.9 Å². The normalized spacial score (nSPS) is 13.2. The van der Waals surface area contributed by atoms with E-state index in [2.05, 4.69) is 35.2 Å². The van der Waals surface area contributed by atoms with Crippen molar-refractivity contribution >= 4 is 33.0 Å². The fourth-order valence-electron chi connectivity index (χ4n) is 3.45. The lowest BCUT2D eigenvalue weighted by Crippen LogP contribution is -2.20. The number of rotatable bonds is 5. The molecule has 0 fully saturated rings. The molecule has 0 aliphatic rings. The molecule has 0 amide bonds. The fourth-order valence-corrected chi connectivity index (χ4v) is 4.85. The molecule has 0 aliphatic heterocycles. The van der Waals surface area contributed by atoms with Crippen LogP contribution in [0.25, 0.3) is 21.3 Å². The quantitative estimate of drug-likeness (QED) is 0.379. The van der Waals surface area contributed by atoms with Crippen LogP contribution < -0.4 is 0 Å². The first-order valence-electron chi connectivity index (χ1n) is 9.35. The molecule has 2 heterocycles. The Labute approximate surface area is 179 Å². The summed E-state index contributed by atoms with van der Waals surface area (Å²) >= 11 is 8.10. The lowest BCUT2D eigenvalue weighted by atomic mass is 9.92. The molecule has 2 aromatic heterocycles. The second kappa shape index (κ2) is 8.00. The minimum atomic E-state index is -1.08. The van der Waals surface area contributed by atoms with E-state index < -0.39 is 5.60 Å². The summed E-state index contributed by atoms with van der Waals surface area (Å²) in [5.41, 5.74) is 2.69. The van der Waals surface area contributed by atoms with Crippen molar-refractivity contribution < 1.29 is 5.11 Å². The minimum absolute atomic E-state index is 0.252. The molecule has 4 aromatic rings. The van der Waals surface area contributed by atoms with Gasteiger partial charge in [-0.15, -0.1) is 23.7 Å². The molecule has 2 aromatic carbocycles. The zero-order valence-electron chi connectivity index (χ0n) is 16.0. The summed E-state index contributed by atoms with van der Waals surface area (Å²) < 4.78 is 1.18. The van der Waals surface area contributed by atoms with Crippen molar-refractivity contribution in [2.45, 2.75) is 25.4 Å². The first kappa shape index (κ1) is 19.7. The number of benzene rings is 2. The van der Waals surface area contributed by atoms with Gasteiger partial charge in [-0.1, -0.05) is 48.0 Å². The van der Waals surface area contributed by atoms with E-state index in [0.29, 0.717) is 0 Å². The Morgan fingerprint density at radius 2 is 1.97 bits per heavy atom. The Hall–Kier alpha value is -2.64. The summed E-state index contributed by atoms with van der Waals surface area (Å²) in [6.45, 7) is 1.74. The topological polar surface area (TPSA) is 33.1 Å². The fraction of sp³-hybridized carbons (Fsp3) is 0.160. The van der Waals surface area contributed by atoms with Crippen molar-refractivity contribution in [1.29, 1.82) is 0 Å². The Kier molecular flexibility index (Phi) is 5.43. The Morgan fingerprint density at radius 1 is 1.14 bits per heavy atom. The molecule has 0 saturated heterocycles. The maximum absolute atomic E-state index is 10.7. The molecule has 0 saturated carbocycles. The number of nitrogens with zero attached hydrogens (tertiary/aromatic N) is 1. The number of aliphatic hydroxyl groups is 1. The van der Waals surface area contributed by atoms with Crippen LogP contribution in [0.4, 0.5) is 0 Å². The SMILES string of the molecule is C#CCC(C)(O)c1ccnc(-c2cccc3cc(Cc4ccccc4Cl)sc23)c1. The Balaban J connectivity index is 1.75. The molecule has 1 N–H and O–H groups in total. The summed E-state index contributed by atoms with van der Waals surface area (Å²) in [5, 5.41) is 12.6. The van der Waals surface area contributed by atoms with E-state index in [-0.39, 0.29) is 6.42 Å². The number of fused-ring (bicyclic) bond motifs is 1. The second-order valence-electron chi connectivity index (χ2n) is 7.29. The van der Waals surface area contributed by atoms with E-state index in [1.54, 1.807) is 24.5 Å². The number of hydrogen-bond acceptors (Lipinski definition) is 3. The van der Waals surface area contributed by atoms with E-state index in [4.69, 9.17) is 18.0 Å². The van der Waals surface area contributed by atoms with Gasteiger partial charge in [0.25, 0.3) is 0 Å². The van der Waals surface area contributed by atoms with Gasteiger partial charge in [0.15, 0.2) is 0 Å². The molecule has 1 unspecified atom stereocenters. The van der Waals surface area contributed by atoms with Gasteiger partial charge in [0.2, 0.25) is 0 Å². The van der Waals surface area contributed by atoms with Gasteiger partial charge in [-0.25, -0.2) is 0 Å². The summed E-state index contributed by atoms with van der Waals surface area (Å²) in [6, 6.07) is 20.1. The molecular weight excluding hydrogens is 398 g/mol. The summed E-state index contributed by atoms with van der Waals surface area (Å²) in [4.78, 5) is 5.81. The van der Waals surface area contributed by atoms with Crippen molar-refractivity contribution in [3.63, 3.8) is 0 Å². The highest BCUT2D eigenvalue weighted by Crippen LogP contribution is 2.37. The van der Waals surface area contributed by atoms with E-state index in [1.165, 1.54) is 15.0 Å². The Bertz CT molecular complexity index is 1220. The lowest BCUT2D eigenvalue weighted by Gasteiger charge is -2.21. The van der Waals surface area contributed by atoms with Gasteiger partial charge in [0.05, 0.1) is 11.3 Å². The average Bonchev–Trinajstić information content (AvgIpc) is 3.12. The van der Waals surface area contributed by atoms with Gasteiger partial charge in [-0.05, 0) is 47.7 Å². The van der Waals surface area contributed by atoms with Crippen LogP contribution in [0, 0.1) is 12.3 Å². The lowest BCUT2D eigenvalue weighted by molar-refractivity contribution is 0.0629. The molecule has 0 bridgehead atoms. The van der Waals surface area contributed by atoms with Crippen LogP contribution in [-0.2, 0) is 12.0 Å². The van der Waals surface area contributed by atoms with Crippen LogP contribution in [0.5, 0.6) is 0 Å². The molecule has 4 rings (SSSR count). The number of thiophene rings is 1. The summed E-state index contributed by atoms with van der Waals surface area (Å²) in [7, 11) is 0. The molecule has 29 heavy (non-hydrogen) atoms. The third kappa shape index (κ3) is 4.06. The molecule has 0 radical (unpaired) electrons. The van der Waals surface area contributed by atoms with Crippen LogP contribution in [0.1, 0.15) is 29.3 Å². The zero-order valence-corrected chi connectivity index (χ0v) is 17.6. The highest BCUT2D eigenvalue weighted by molar-refractivity contribution is 7.19. The predicted molar refractivity (Wildman–Crippen MR) is 122 cm³/mol. The van der Waals surface area contributed by atoms with Crippen LogP contribution in [0.3, 0.4) is 0 Å². The third-order valence-electron chi connectivity index (χ3n) is 5.02. The van der Waals surface area contributed by atoms with E-state index in [1.807, 2.05) is 36.4 Å². The predicted octanol–water partition coefficient (Wildman–Crippen LogP) is 6.44. The summed E-state index contributed by atoms with van der Waals surface area (Å²) in [5.74, 6) is 2.55. The number of terminal acetylenes is 1. The molecule has 0 aliphatic carbocycles. The van der Waals surface area contributed by atoms with Gasteiger partial charge in [-0.2, -0.15) is 0 Å². The maximum Gasteiger partial charge on any atom is 0.0978 e. The smallest absolute Gasteiger partial charge is 0.0978 e. The van der Waals surface area contributed by atoms with Gasteiger partial charge in [0, 0.05) is 39.2 Å². The van der Waals surface area contributed by atoms with Gasteiger partial charge in [0.1, 0.15) is 0 Å². The van der Waals surface area contributed by atoms with Gasteiger partial charge < -0.3 is 5.11 Å². The van der Waals surface area contributed by atoms with Crippen LogP contribution in [0.2, 0.25) is 5.02 Å². The monoisotopic (exact) mass is 417 g/mol. The highest BCUT2D eigenvalue weighted by atomic mass is 35.5. The van der Waals surface area contributed by atoms with E-state index in [0.717, 1.165) is 33.8 Å². The van der Waals surface area contributed by atoms with Gasteiger partial charge >= 0.3 is 0 Å². The van der Waals surface area contributed by atoms with Gasteiger partial charge in [-0.3, -0.25) is 4.98 Å². The number of halogens is 1. The molecule has 1 atom stereocenters. The molecule has 0 spiro atoms. The third-order valence-corrected chi connectivity index (χ3v) is 6.57. The molecule has 144 valence electrons. The van der Waals surface area contributed by atoms with Crippen molar-refractivity contribution in [1.82, 2.24) is 4.98 Å². The van der Waals surface area contributed by atoms with Crippen LogP contribution >= 0.6 is 22.9 Å². The summed E-state index contributed by atoms with van der Waals surface area (Å²) in [6.07, 6.45) is 8.19. The zero-order chi connectivity index (χ0) is 20.4. The number of aromatic nitrogens is 1. The minimum Gasteiger partial charge on any atom is -0.384 e. The van der Waals surface area contributed by atoms with E-state index in [9.17, 15) is 5.11 Å². The van der Waals surface area contributed by atoms with Crippen molar-refractivity contribution in [3.05, 3.63) is 87.9 Å². The van der Waals surface area contributed by atoms with Crippen molar-refractivity contribution in [2.24, 2.45) is 0 Å². The second-order valence-corrected chi connectivity index (χ2v) is 8.83. The number of hydrogen-bond donors (Lipinski definition) is 1. The number of pyridine rings is 1.